The third-order valence-corrected chi connectivity index (χ3v) is 4.35. The molecular formula is C16H19OPPd. The minimum Gasteiger partial charge on any atom is -0.329 e. The summed E-state index contributed by atoms with van der Waals surface area (Å²) in [5.41, 5.74) is 2.72. The molecule has 0 saturated heterocycles. The Morgan fingerprint density at radius 1 is 0.895 bits per heavy atom. The van der Waals surface area contributed by atoms with E-state index in [0.29, 0.717) is 5.92 Å². The molecule has 0 aliphatic heterocycles. The fourth-order valence-electron chi connectivity index (χ4n) is 2.27. The third-order valence-electron chi connectivity index (χ3n) is 3.37. The van der Waals surface area contributed by atoms with Gasteiger partial charge in [0.2, 0.25) is 0 Å². The van der Waals surface area contributed by atoms with Gasteiger partial charge in [0, 0.05) is 26.1 Å². The second-order valence-electron chi connectivity index (χ2n) is 4.70. The molecule has 3 unspecified atom stereocenters. The summed E-state index contributed by atoms with van der Waals surface area (Å²) < 4.78 is 11.5. The molecule has 2 rings (SSSR count). The Kier molecular flexibility index (Phi) is 7.32. The summed E-state index contributed by atoms with van der Waals surface area (Å²) in [5, 5.41) is 0. The van der Waals surface area contributed by atoms with Crippen molar-refractivity contribution in [1.82, 2.24) is 0 Å². The Labute approximate surface area is 130 Å². The number of benzene rings is 2. The van der Waals surface area contributed by atoms with Crippen LogP contribution in [-0.4, -0.2) is 0 Å². The van der Waals surface area contributed by atoms with E-state index in [-0.39, 0.29) is 26.1 Å². The van der Waals surface area contributed by atoms with Gasteiger partial charge in [-0.25, -0.2) is 0 Å². The summed E-state index contributed by atoms with van der Waals surface area (Å²) in [6, 6.07) is 20.6. The van der Waals surface area contributed by atoms with E-state index in [1.165, 1.54) is 11.1 Å². The average molecular weight is 365 g/mol. The van der Waals surface area contributed by atoms with Gasteiger partial charge in [-0.05, 0) is 23.5 Å². The standard InChI is InChI=1S/C16H19OP.Pd/c1-13(14-8-4-2-5-9-14)12-16(18-17)15-10-6-3-7-11-15;/h2-11,13,16H,12,18H2,1H3;. The molecule has 0 N–H and O–H groups in total. The summed E-state index contributed by atoms with van der Waals surface area (Å²) >= 11 is 0. The van der Waals surface area contributed by atoms with Crippen LogP contribution >= 0.6 is 8.46 Å². The molecule has 0 aliphatic rings. The maximum absolute atomic E-state index is 11.5. The molecule has 3 atom stereocenters. The Bertz CT molecular complexity index is 487. The van der Waals surface area contributed by atoms with Crippen LogP contribution in [0.25, 0.3) is 0 Å². The van der Waals surface area contributed by atoms with Crippen LogP contribution in [0.3, 0.4) is 0 Å². The Balaban J connectivity index is 0.00000180. The van der Waals surface area contributed by atoms with Crippen LogP contribution in [0.2, 0.25) is 0 Å². The van der Waals surface area contributed by atoms with Gasteiger partial charge in [-0.1, -0.05) is 67.6 Å². The van der Waals surface area contributed by atoms with Crippen LogP contribution in [0.4, 0.5) is 0 Å². The van der Waals surface area contributed by atoms with Crippen molar-refractivity contribution in [3.05, 3.63) is 71.8 Å². The molecule has 0 fully saturated rings. The fourth-order valence-corrected chi connectivity index (χ4v) is 3.17. The number of hydrogen-bond donors (Lipinski definition) is 0. The maximum Gasteiger partial charge on any atom is 0.0716 e. The minimum atomic E-state index is -0.777. The van der Waals surface area contributed by atoms with Crippen LogP contribution in [0.1, 0.15) is 36.0 Å². The van der Waals surface area contributed by atoms with Gasteiger partial charge in [0.15, 0.2) is 0 Å². The molecule has 19 heavy (non-hydrogen) atoms. The second-order valence-corrected chi connectivity index (χ2v) is 5.78. The van der Waals surface area contributed by atoms with Crippen LogP contribution in [0.15, 0.2) is 60.7 Å². The van der Waals surface area contributed by atoms with Crippen molar-refractivity contribution in [3.63, 3.8) is 0 Å². The smallest absolute Gasteiger partial charge is 0.0716 e. The summed E-state index contributed by atoms with van der Waals surface area (Å²) in [6.07, 6.45) is 0.951. The van der Waals surface area contributed by atoms with Crippen molar-refractivity contribution in [2.24, 2.45) is 0 Å². The molecule has 0 heterocycles. The van der Waals surface area contributed by atoms with Crippen LogP contribution in [-0.2, 0) is 25.0 Å². The SMILES string of the molecule is CC(CC([PH2]=O)c1ccccc1)c1ccccc1.[Pd]. The number of rotatable bonds is 5. The summed E-state index contributed by atoms with van der Waals surface area (Å²) in [4.78, 5) is 0. The number of hydrogen-bond acceptors (Lipinski definition) is 1. The molecule has 3 heteroatoms. The maximum atomic E-state index is 11.5. The van der Waals surface area contributed by atoms with Gasteiger partial charge in [0.05, 0.1) is 8.46 Å². The summed E-state index contributed by atoms with van der Waals surface area (Å²) in [6.45, 7) is 2.21. The Morgan fingerprint density at radius 2 is 1.37 bits per heavy atom. The zero-order chi connectivity index (χ0) is 12.8. The second kappa shape index (κ2) is 8.49. The molecule has 2 aromatic rings. The molecule has 0 radical (unpaired) electrons. The van der Waals surface area contributed by atoms with Gasteiger partial charge >= 0.3 is 0 Å². The zero-order valence-corrected chi connectivity index (χ0v) is 13.6. The van der Waals surface area contributed by atoms with Crippen molar-refractivity contribution in [3.8, 4) is 0 Å². The molecular weight excluding hydrogens is 346 g/mol. The van der Waals surface area contributed by atoms with E-state index in [0.717, 1.165) is 6.42 Å². The van der Waals surface area contributed by atoms with Crippen molar-refractivity contribution in [1.29, 1.82) is 0 Å². The van der Waals surface area contributed by atoms with Gasteiger partial charge in [-0.15, -0.1) is 0 Å². The Morgan fingerprint density at radius 3 is 1.84 bits per heavy atom. The van der Waals surface area contributed by atoms with E-state index < -0.39 is 8.46 Å². The monoisotopic (exact) mass is 364 g/mol. The van der Waals surface area contributed by atoms with E-state index in [2.05, 4.69) is 43.3 Å². The van der Waals surface area contributed by atoms with E-state index in [1.807, 2.05) is 24.3 Å². The van der Waals surface area contributed by atoms with Crippen LogP contribution in [0, 0.1) is 0 Å². The minimum absolute atomic E-state index is 0. The largest absolute Gasteiger partial charge is 0.329 e. The van der Waals surface area contributed by atoms with Gasteiger partial charge in [0.25, 0.3) is 0 Å². The first kappa shape index (κ1) is 16.4. The first-order valence-corrected chi connectivity index (χ1v) is 7.50. The van der Waals surface area contributed by atoms with Crippen molar-refractivity contribution in [2.75, 3.05) is 0 Å². The molecule has 0 spiro atoms. The summed E-state index contributed by atoms with van der Waals surface area (Å²) in [5.74, 6) is 0.442. The molecule has 0 bridgehead atoms. The first-order chi connectivity index (χ1) is 8.81. The third kappa shape index (κ3) is 4.74. The molecule has 0 amide bonds. The van der Waals surface area contributed by atoms with Crippen molar-refractivity contribution >= 4 is 8.46 Å². The molecule has 0 aromatic heterocycles. The molecule has 104 valence electrons. The topological polar surface area (TPSA) is 17.1 Å². The molecule has 0 saturated carbocycles. The van der Waals surface area contributed by atoms with Crippen molar-refractivity contribution < 1.29 is 25.0 Å². The van der Waals surface area contributed by atoms with Gasteiger partial charge in [-0.3, -0.25) is 0 Å². The van der Waals surface area contributed by atoms with E-state index in [9.17, 15) is 4.57 Å². The first-order valence-electron chi connectivity index (χ1n) is 6.36. The molecule has 2 aromatic carbocycles. The van der Waals surface area contributed by atoms with E-state index >= 15 is 0 Å². The van der Waals surface area contributed by atoms with Gasteiger partial charge in [0.1, 0.15) is 0 Å². The molecule has 1 nitrogen and oxygen atoms in total. The predicted molar refractivity (Wildman–Crippen MR) is 79.1 cm³/mol. The predicted octanol–water partition coefficient (Wildman–Crippen LogP) is 4.68. The molecule has 0 aliphatic carbocycles. The van der Waals surface area contributed by atoms with E-state index in [4.69, 9.17) is 0 Å². The van der Waals surface area contributed by atoms with E-state index in [1.54, 1.807) is 0 Å². The van der Waals surface area contributed by atoms with Crippen molar-refractivity contribution in [2.45, 2.75) is 24.9 Å². The normalized spacial score (nSPS) is 13.9. The fraction of sp³-hybridized carbons (Fsp3) is 0.250. The quantitative estimate of drug-likeness (QED) is 0.556. The van der Waals surface area contributed by atoms with Gasteiger partial charge < -0.3 is 4.57 Å². The van der Waals surface area contributed by atoms with Crippen LogP contribution < -0.4 is 0 Å². The van der Waals surface area contributed by atoms with Gasteiger partial charge in [-0.2, -0.15) is 0 Å². The Hall–Kier alpha value is -0.668. The summed E-state index contributed by atoms with van der Waals surface area (Å²) in [7, 11) is -0.777. The zero-order valence-electron chi connectivity index (χ0n) is 10.9. The van der Waals surface area contributed by atoms with Crippen LogP contribution in [0.5, 0.6) is 0 Å². The average Bonchev–Trinajstić information content (AvgIpc) is 2.46.